The first-order valence-corrected chi connectivity index (χ1v) is 11.4. The van der Waals surface area contributed by atoms with Crippen LogP contribution in [0.2, 0.25) is 0 Å². The lowest BCUT2D eigenvalue weighted by Gasteiger charge is -2.19. The van der Waals surface area contributed by atoms with Gasteiger partial charge in [-0.3, -0.25) is 4.99 Å². The van der Waals surface area contributed by atoms with Gasteiger partial charge in [0.15, 0.2) is 0 Å². The van der Waals surface area contributed by atoms with Crippen LogP contribution in [-0.4, -0.2) is 29.7 Å². The van der Waals surface area contributed by atoms with Gasteiger partial charge in [-0.2, -0.15) is 0 Å². The maximum atomic E-state index is 14.0. The molecule has 0 aromatic heterocycles. The molecule has 182 valence electrons. The quantitative estimate of drug-likeness (QED) is 0.333. The molecule has 0 bridgehead atoms. The summed E-state index contributed by atoms with van der Waals surface area (Å²) in [6.45, 7) is 12.4. The molecular weight excluding hydrogens is 434 g/mol. The topological polar surface area (TPSA) is 70.7 Å². The van der Waals surface area contributed by atoms with Crippen LogP contribution in [0.5, 0.6) is 0 Å². The molecule has 34 heavy (non-hydrogen) atoms. The molecule has 3 N–H and O–H groups in total. The Kier molecular flexibility index (Phi) is 9.98. The molecule has 5 nitrogen and oxygen atoms in total. The number of hydrogen-bond donors (Lipinski definition) is 2. The van der Waals surface area contributed by atoms with E-state index < -0.39 is 11.6 Å². The van der Waals surface area contributed by atoms with E-state index >= 15 is 0 Å². The molecule has 1 heterocycles. The van der Waals surface area contributed by atoms with Gasteiger partial charge in [0.25, 0.3) is 0 Å². The number of allylic oxidation sites excluding steroid dienone is 4. The number of amides is 2. The summed E-state index contributed by atoms with van der Waals surface area (Å²) in [7, 11) is 0. The van der Waals surface area contributed by atoms with Crippen LogP contribution in [0.25, 0.3) is 5.57 Å². The molecular formula is C27H34F2N4O. The molecule has 7 heteroatoms. The minimum absolute atomic E-state index is 0.280. The smallest absolute Gasteiger partial charge is 0.322 e. The highest BCUT2D eigenvalue weighted by molar-refractivity contribution is 5.84. The molecule has 0 saturated heterocycles. The van der Waals surface area contributed by atoms with Crippen molar-refractivity contribution in [3.8, 4) is 0 Å². The highest BCUT2D eigenvalue weighted by Gasteiger charge is 2.25. The average Bonchev–Trinajstić information content (AvgIpc) is 3.19. The molecule has 0 aliphatic carbocycles. The van der Waals surface area contributed by atoms with Gasteiger partial charge < -0.3 is 16.0 Å². The molecule has 0 atom stereocenters. The third-order valence-electron chi connectivity index (χ3n) is 5.37. The minimum Gasteiger partial charge on any atom is -0.397 e. The van der Waals surface area contributed by atoms with Gasteiger partial charge >= 0.3 is 6.03 Å². The summed E-state index contributed by atoms with van der Waals surface area (Å²) in [5, 5.41) is 2.88. The van der Waals surface area contributed by atoms with Gasteiger partial charge in [0.05, 0.1) is 23.6 Å². The van der Waals surface area contributed by atoms with Gasteiger partial charge in [-0.1, -0.05) is 45.1 Å². The van der Waals surface area contributed by atoms with Crippen LogP contribution >= 0.6 is 0 Å². The predicted molar refractivity (Wildman–Crippen MR) is 136 cm³/mol. The van der Waals surface area contributed by atoms with Crippen LogP contribution in [0.15, 0.2) is 76.7 Å². The minimum atomic E-state index is -0.648. The van der Waals surface area contributed by atoms with E-state index in [1.165, 1.54) is 12.1 Å². The molecule has 1 aliphatic rings. The Bertz CT molecular complexity index is 1080. The van der Waals surface area contributed by atoms with Crippen LogP contribution in [0, 0.1) is 11.6 Å². The number of carbonyl (C=O) groups excluding carboxylic acids is 1. The van der Waals surface area contributed by atoms with Crippen LogP contribution in [-0.2, 0) is 0 Å². The zero-order chi connectivity index (χ0) is 25.3. The number of hydrogen-bond acceptors (Lipinski definition) is 3. The highest BCUT2D eigenvalue weighted by Crippen LogP contribution is 2.22. The van der Waals surface area contributed by atoms with Crippen molar-refractivity contribution < 1.29 is 13.6 Å². The van der Waals surface area contributed by atoms with E-state index in [9.17, 15) is 13.6 Å². The predicted octanol–water partition coefficient (Wildman–Crippen LogP) is 6.23. The molecule has 2 rings (SSSR count). The van der Waals surface area contributed by atoms with Crippen LogP contribution in [0.3, 0.4) is 0 Å². The number of nitrogens with zero attached hydrogens (tertiary/aromatic N) is 2. The van der Waals surface area contributed by atoms with E-state index in [-0.39, 0.29) is 11.6 Å². The third-order valence-corrected chi connectivity index (χ3v) is 5.37. The summed E-state index contributed by atoms with van der Waals surface area (Å²) in [6.07, 6.45) is 9.35. The first-order valence-electron chi connectivity index (χ1n) is 11.4. The second-order valence-corrected chi connectivity index (χ2v) is 8.18. The fourth-order valence-corrected chi connectivity index (χ4v) is 3.56. The zero-order valence-corrected chi connectivity index (χ0v) is 20.4. The van der Waals surface area contributed by atoms with Gasteiger partial charge in [-0.15, -0.1) is 0 Å². The van der Waals surface area contributed by atoms with Gasteiger partial charge in [-0.05, 0) is 56.0 Å². The maximum absolute atomic E-state index is 14.0. The molecule has 0 saturated carbocycles. The first-order chi connectivity index (χ1) is 16.2. The Morgan fingerprint density at radius 2 is 1.97 bits per heavy atom. The number of carbonyl (C=O) groups is 1. The zero-order valence-electron chi connectivity index (χ0n) is 20.4. The molecule has 1 aliphatic heterocycles. The summed E-state index contributed by atoms with van der Waals surface area (Å²) in [4.78, 5) is 19.3. The molecule has 1 aromatic rings. The third kappa shape index (κ3) is 7.27. The van der Waals surface area contributed by atoms with E-state index in [0.717, 1.165) is 35.9 Å². The number of halogens is 2. The van der Waals surface area contributed by atoms with Gasteiger partial charge in [0.2, 0.25) is 0 Å². The van der Waals surface area contributed by atoms with Gasteiger partial charge in [-0.25, -0.2) is 13.6 Å². The lowest BCUT2D eigenvalue weighted by Crippen LogP contribution is -2.39. The first kappa shape index (κ1) is 26.8. The Morgan fingerprint density at radius 1 is 1.24 bits per heavy atom. The van der Waals surface area contributed by atoms with Crippen LogP contribution < -0.4 is 11.1 Å². The maximum Gasteiger partial charge on any atom is 0.322 e. The summed E-state index contributed by atoms with van der Waals surface area (Å²) < 4.78 is 27.2. The SMILES string of the molecule is C=CC1=C(N=C(C)CCC)CN(C(=O)NC(=C\CC)/C(N)=C\C=C(/C)c2ccc(F)cc2F)C1. The summed E-state index contributed by atoms with van der Waals surface area (Å²) in [5.41, 5.74) is 10.7. The Morgan fingerprint density at radius 3 is 2.59 bits per heavy atom. The Labute approximate surface area is 201 Å². The number of benzene rings is 1. The normalized spacial score (nSPS) is 15.8. The van der Waals surface area contributed by atoms with Crippen molar-refractivity contribution in [3.63, 3.8) is 0 Å². The molecule has 0 radical (unpaired) electrons. The van der Waals surface area contributed by atoms with E-state index in [1.807, 2.05) is 19.9 Å². The summed E-state index contributed by atoms with van der Waals surface area (Å²) in [5.74, 6) is -1.28. The van der Waals surface area contributed by atoms with Crippen LogP contribution in [0.1, 0.15) is 52.5 Å². The fraction of sp³-hybridized carbons (Fsp3) is 0.333. The Balaban J connectivity index is 2.15. The van der Waals surface area contributed by atoms with E-state index in [4.69, 9.17) is 5.73 Å². The van der Waals surface area contributed by atoms with E-state index in [0.29, 0.717) is 36.5 Å². The van der Waals surface area contributed by atoms with Crippen molar-refractivity contribution in [2.45, 2.75) is 47.0 Å². The lowest BCUT2D eigenvalue weighted by molar-refractivity contribution is 0.212. The second kappa shape index (κ2) is 12.7. The van der Waals surface area contributed by atoms with Crippen molar-refractivity contribution >= 4 is 17.3 Å². The number of aliphatic imine (C=N–C) groups is 1. The van der Waals surface area contributed by atoms with Crippen molar-refractivity contribution in [1.82, 2.24) is 10.2 Å². The van der Waals surface area contributed by atoms with Crippen molar-refractivity contribution in [2.75, 3.05) is 13.1 Å². The number of nitrogens with two attached hydrogens (primary N) is 1. The Hall–Kier alpha value is -3.48. The number of rotatable bonds is 9. The van der Waals surface area contributed by atoms with Gasteiger partial charge in [0, 0.05) is 23.9 Å². The molecule has 0 fully saturated rings. The monoisotopic (exact) mass is 468 g/mol. The van der Waals surface area contributed by atoms with Crippen molar-refractivity contribution in [3.05, 3.63) is 88.9 Å². The molecule has 1 aromatic carbocycles. The van der Waals surface area contributed by atoms with Gasteiger partial charge in [0.1, 0.15) is 11.6 Å². The van der Waals surface area contributed by atoms with E-state index in [1.54, 1.807) is 30.1 Å². The van der Waals surface area contributed by atoms with Crippen LogP contribution in [0.4, 0.5) is 13.6 Å². The summed E-state index contributed by atoms with van der Waals surface area (Å²) >= 11 is 0. The average molecular weight is 469 g/mol. The highest BCUT2D eigenvalue weighted by atomic mass is 19.1. The van der Waals surface area contributed by atoms with E-state index in [2.05, 4.69) is 23.8 Å². The fourth-order valence-electron chi connectivity index (χ4n) is 3.56. The van der Waals surface area contributed by atoms with Crippen molar-refractivity contribution in [1.29, 1.82) is 0 Å². The standard InChI is InChI=1S/C27H34F2N4O/c1-6-9-19(5)31-26-17-33(16-20(26)8-3)27(34)32-25(10-7-2)24(30)14-11-18(4)22-13-12-21(28)15-23(22)29/h8,10-15H,3,6-7,9,16-17,30H2,1-2,4-5H3,(H,32,34)/b18-11+,24-14+,25-10-,31-19?. The molecule has 0 spiro atoms. The van der Waals surface area contributed by atoms with Crippen molar-refractivity contribution in [2.24, 2.45) is 10.7 Å². The second-order valence-electron chi connectivity index (χ2n) is 8.18. The number of nitrogens with one attached hydrogen (secondary N) is 1. The number of urea groups is 1. The summed E-state index contributed by atoms with van der Waals surface area (Å²) in [6, 6.07) is 3.13. The molecule has 0 unspecified atom stereocenters. The lowest BCUT2D eigenvalue weighted by atomic mass is 10.1. The molecule has 2 amide bonds. The largest absolute Gasteiger partial charge is 0.397 e.